The lowest BCUT2D eigenvalue weighted by atomic mass is 9.79. The van der Waals surface area contributed by atoms with E-state index in [2.05, 4.69) is 59.8 Å². The van der Waals surface area contributed by atoms with Crippen molar-refractivity contribution < 1.29 is 0 Å². The van der Waals surface area contributed by atoms with Crippen LogP contribution in [0.25, 0.3) is 5.69 Å². The van der Waals surface area contributed by atoms with E-state index in [0.29, 0.717) is 6.04 Å². The smallest absolute Gasteiger partial charge is 0.119 e. The van der Waals surface area contributed by atoms with E-state index in [1.807, 2.05) is 17.1 Å². The summed E-state index contributed by atoms with van der Waals surface area (Å²) in [7, 11) is 2.19. The monoisotopic (exact) mass is 287 g/mol. The van der Waals surface area contributed by atoms with E-state index in [1.165, 1.54) is 5.82 Å². The second-order valence-electron chi connectivity index (χ2n) is 6.76. The average molecular weight is 287 g/mol. The Morgan fingerprint density at radius 1 is 1.24 bits per heavy atom. The van der Waals surface area contributed by atoms with Gasteiger partial charge < -0.3 is 9.47 Å². The van der Waals surface area contributed by atoms with Crippen LogP contribution in [0.3, 0.4) is 0 Å². The molecule has 0 spiro atoms. The molecule has 0 amide bonds. The standard InChI is InChI=1S/C16H25N5/c1-13(2)21-12-14(11-18-21)20-10-7-17-15(20)16(3)5-8-19(4)9-6-16/h7,10-13H,5-6,8-9H2,1-4H3. The van der Waals surface area contributed by atoms with Crippen LogP contribution in [0.4, 0.5) is 0 Å². The molecule has 114 valence electrons. The molecule has 3 heterocycles. The highest BCUT2D eigenvalue weighted by Gasteiger charge is 2.34. The zero-order valence-electron chi connectivity index (χ0n) is 13.5. The van der Waals surface area contributed by atoms with Crippen LogP contribution in [0, 0.1) is 0 Å². The predicted molar refractivity (Wildman–Crippen MR) is 83.8 cm³/mol. The lowest BCUT2D eigenvalue weighted by Crippen LogP contribution is -2.40. The van der Waals surface area contributed by atoms with Gasteiger partial charge in [0.25, 0.3) is 0 Å². The molecule has 1 aliphatic heterocycles. The molecule has 0 aliphatic carbocycles. The normalized spacial score (nSPS) is 19.3. The Kier molecular flexibility index (Phi) is 3.61. The first-order valence-electron chi connectivity index (χ1n) is 7.76. The van der Waals surface area contributed by atoms with Crippen molar-refractivity contribution in [1.82, 2.24) is 24.2 Å². The number of nitrogens with zero attached hydrogens (tertiary/aromatic N) is 5. The predicted octanol–water partition coefficient (Wildman–Crippen LogP) is 2.63. The molecule has 0 radical (unpaired) electrons. The van der Waals surface area contributed by atoms with Crippen molar-refractivity contribution in [2.24, 2.45) is 0 Å². The lowest BCUT2D eigenvalue weighted by Gasteiger charge is -2.37. The quantitative estimate of drug-likeness (QED) is 0.871. The number of imidazole rings is 1. The summed E-state index contributed by atoms with van der Waals surface area (Å²) < 4.78 is 4.20. The van der Waals surface area contributed by atoms with Crippen molar-refractivity contribution in [3.05, 3.63) is 30.6 Å². The van der Waals surface area contributed by atoms with Crippen molar-refractivity contribution in [2.45, 2.75) is 45.1 Å². The van der Waals surface area contributed by atoms with Gasteiger partial charge in [-0.05, 0) is 46.8 Å². The fourth-order valence-electron chi connectivity index (χ4n) is 3.03. The summed E-state index contributed by atoms with van der Waals surface area (Å²) in [6, 6.07) is 0.379. The largest absolute Gasteiger partial charge is 0.306 e. The van der Waals surface area contributed by atoms with Gasteiger partial charge in [0.05, 0.1) is 11.9 Å². The minimum absolute atomic E-state index is 0.149. The summed E-state index contributed by atoms with van der Waals surface area (Å²) in [6.45, 7) is 8.89. The molecule has 1 fully saturated rings. The molecular formula is C16H25N5. The number of likely N-dealkylation sites (tertiary alicyclic amines) is 1. The fraction of sp³-hybridized carbons (Fsp3) is 0.625. The Morgan fingerprint density at radius 3 is 2.57 bits per heavy atom. The minimum Gasteiger partial charge on any atom is -0.306 e. The van der Waals surface area contributed by atoms with E-state index in [0.717, 1.165) is 31.6 Å². The van der Waals surface area contributed by atoms with Crippen molar-refractivity contribution in [3.8, 4) is 5.69 Å². The van der Waals surface area contributed by atoms with E-state index in [4.69, 9.17) is 0 Å². The number of aromatic nitrogens is 4. The SMILES string of the molecule is CC(C)n1cc(-n2ccnc2C2(C)CCN(C)CC2)cn1. The number of rotatable bonds is 3. The molecule has 1 saturated heterocycles. The van der Waals surface area contributed by atoms with Crippen LogP contribution >= 0.6 is 0 Å². The third kappa shape index (κ3) is 2.62. The van der Waals surface area contributed by atoms with Crippen molar-refractivity contribution in [2.75, 3.05) is 20.1 Å². The first-order valence-corrected chi connectivity index (χ1v) is 7.76. The Hall–Kier alpha value is -1.62. The zero-order chi connectivity index (χ0) is 15.0. The molecule has 0 bridgehead atoms. The van der Waals surface area contributed by atoms with Gasteiger partial charge >= 0.3 is 0 Å². The third-order valence-corrected chi connectivity index (χ3v) is 4.67. The number of hydrogen-bond donors (Lipinski definition) is 0. The van der Waals surface area contributed by atoms with Crippen LogP contribution in [-0.4, -0.2) is 44.4 Å². The van der Waals surface area contributed by atoms with Crippen LogP contribution in [0.2, 0.25) is 0 Å². The Labute approximate surface area is 126 Å². The molecular weight excluding hydrogens is 262 g/mol. The van der Waals surface area contributed by atoms with E-state index in [-0.39, 0.29) is 5.41 Å². The maximum absolute atomic E-state index is 4.67. The second-order valence-corrected chi connectivity index (χ2v) is 6.76. The molecule has 0 saturated carbocycles. The van der Waals surface area contributed by atoms with Crippen LogP contribution in [0.5, 0.6) is 0 Å². The van der Waals surface area contributed by atoms with Gasteiger partial charge in [0.2, 0.25) is 0 Å². The Bertz CT molecular complexity index is 602. The molecule has 0 N–H and O–H groups in total. The molecule has 0 atom stereocenters. The summed E-state index contributed by atoms with van der Waals surface area (Å²) >= 11 is 0. The van der Waals surface area contributed by atoms with Gasteiger partial charge in [-0.2, -0.15) is 5.10 Å². The topological polar surface area (TPSA) is 38.9 Å². The first kappa shape index (κ1) is 14.3. The Balaban J connectivity index is 1.93. The molecule has 5 nitrogen and oxygen atoms in total. The zero-order valence-corrected chi connectivity index (χ0v) is 13.5. The summed E-state index contributed by atoms with van der Waals surface area (Å²) in [6.07, 6.45) is 10.3. The number of hydrogen-bond acceptors (Lipinski definition) is 3. The minimum atomic E-state index is 0.149. The summed E-state index contributed by atoms with van der Waals surface area (Å²) in [5.74, 6) is 1.17. The molecule has 21 heavy (non-hydrogen) atoms. The Morgan fingerprint density at radius 2 is 1.95 bits per heavy atom. The first-order chi connectivity index (χ1) is 9.99. The van der Waals surface area contributed by atoms with Crippen LogP contribution in [-0.2, 0) is 5.41 Å². The molecule has 0 unspecified atom stereocenters. The van der Waals surface area contributed by atoms with Crippen LogP contribution in [0.1, 0.15) is 45.5 Å². The fourth-order valence-corrected chi connectivity index (χ4v) is 3.03. The van der Waals surface area contributed by atoms with Gasteiger partial charge in [-0.15, -0.1) is 0 Å². The van der Waals surface area contributed by atoms with Crippen molar-refractivity contribution >= 4 is 0 Å². The van der Waals surface area contributed by atoms with E-state index >= 15 is 0 Å². The van der Waals surface area contributed by atoms with Crippen LogP contribution < -0.4 is 0 Å². The molecule has 5 heteroatoms. The van der Waals surface area contributed by atoms with Gasteiger partial charge in [0.15, 0.2) is 0 Å². The van der Waals surface area contributed by atoms with E-state index in [1.54, 1.807) is 0 Å². The molecule has 2 aromatic rings. The van der Waals surface area contributed by atoms with Gasteiger partial charge in [-0.25, -0.2) is 4.98 Å². The molecule has 1 aliphatic rings. The van der Waals surface area contributed by atoms with Gasteiger partial charge in [-0.3, -0.25) is 4.68 Å². The highest BCUT2D eigenvalue weighted by Crippen LogP contribution is 2.34. The maximum Gasteiger partial charge on any atom is 0.119 e. The maximum atomic E-state index is 4.67. The van der Waals surface area contributed by atoms with Crippen LogP contribution in [0.15, 0.2) is 24.8 Å². The summed E-state index contributed by atoms with van der Waals surface area (Å²) in [5, 5.41) is 4.45. The molecule has 2 aromatic heterocycles. The lowest BCUT2D eigenvalue weighted by molar-refractivity contribution is 0.192. The van der Waals surface area contributed by atoms with Crippen molar-refractivity contribution in [3.63, 3.8) is 0 Å². The number of piperidine rings is 1. The van der Waals surface area contributed by atoms with Gasteiger partial charge in [0, 0.05) is 30.0 Å². The summed E-state index contributed by atoms with van der Waals surface area (Å²) in [5.41, 5.74) is 1.26. The molecule has 0 aromatic carbocycles. The highest BCUT2D eigenvalue weighted by atomic mass is 15.3. The van der Waals surface area contributed by atoms with Gasteiger partial charge in [0.1, 0.15) is 5.82 Å². The van der Waals surface area contributed by atoms with E-state index in [9.17, 15) is 0 Å². The third-order valence-electron chi connectivity index (χ3n) is 4.67. The average Bonchev–Trinajstić information content (AvgIpc) is 3.09. The van der Waals surface area contributed by atoms with Gasteiger partial charge in [-0.1, -0.05) is 6.92 Å². The summed E-state index contributed by atoms with van der Waals surface area (Å²) in [4.78, 5) is 7.07. The molecule has 3 rings (SSSR count). The highest BCUT2D eigenvalue weighted by molar-refractivity contribution is 5.30. The van der Waals surface area contributed by atoms with Crippen molar-refractivity contribution in [1.29, 1.82) is 0 Å². The van der Waals surface area contributed by atoms with E-state index < -0.39 is 0 Å². The second kappa shape index (κ2) is 5.30.